The summed E-state index contributed by atoms with van der Waals surface area (Å²) in [6, 6.07) is 0. The number of ether oxygens (including phenoxy) is 1. The average molecular weight is 168 g/mol. The van der Waals surface area contributed by atoms with Crippen LogP contribution in [0.25, 0.3) is 0 Å². The molecule has 1 aromatic heterocycles. The Morgan fingerprint density at radius 3 is 2.75 bits per heavy atom. The van der Waals surface area contributed by atoms with Gasteiger partial charge in [-0.1, -0.05) is 0 Å². The van der Waals surface area contributed by atoms with Crippen LogP contribution in [0.3, 0.4) is 0 Å². The van der Waals surface area contributed by atoms with Crippen LogP contribution < -0.4 is 5.32 Å². The van der Waals surface area contributed by atoms with Gasteiger partial charge in [-0.2, -0.15) is 5.10 Å². The highest BCUT2D eigenvalue weighted by molar-refractivity contribution is 5.09. The van der Waals surface area contributed by atoms with E-state index in [1.54, 1.807) is 18.1 Å². The van der Waals surface area contributed by atoms with Crippen molar-refractivity contribution in [2.45, 2.75) is 5.60 Å². The van der Waals surface area contributed by atoms with Gasteiger partial charge in [0.05, 0.1) is 0 Å². The molecule has 2 heterocycles. The van der Waals surface area contributed by atoms with Gasteiger partial charge in [0.1, 0.15) is 6.33 Å². The molecule has 0 bridgehead atoms. The zero-order chi connectivity index (χ0) is 8.60. The van der Waals surface area contributed by atoms with Crippen LogP contribution in [0.15, 0.2) is 6.33 Å². The van der Waals surface area contributed by atoms with Gasteiger partial charge in [0.2, 0.25) is 0 Å². The van der Waals surface area contributed by atoms with Crippen molar-refractivity contribution < 1.29 is 4.74 Å². The fourth-order valence-corrected chi connectivity index (χ4v) is 1.45. The molecule has 12 heavy (non-hydrogen) atoms. The lowest BCUT2D eigenvalue weighted by molar-refractivity contribution is -0.0658. The third-order valence-electron chi connectivity index (χ3n) is 2.33. The van der Waals surface area contributed by atoms with E-state index >= 15 is 0 Å². The molecule has 0 spiro atoms. The minimum Gasteiger partial charge on any atom is -0.368 e. The normalized spacial score (nSPS) is 20.5. The van der Waals surface area contributed by atoms with Gasteiger partial charge < -0.3 is 10.1 Å². The molecule has 5 nitrogen and oxygen atoms in total. The number of hydrogen-bond acceptors (Lipinski definition) is 4. The molecule has 0 aliphatic carbocycles. The molecule has 0 atom stereocenters. The van der Waals surface area contributed by atoms with Crippen molar-refractivity contribution in [2.24, 2.45) is 7.05 Å². The summed E-state index contributed by atoms with van der Waals surface area (Å²) in [5.41, 5.74) is -0.245. The first kappa shape index (κ1) is 7.70. The van der Waals surface area contributed by atoms with Crippen LogP contribution in [-0.4, -0.2) is 35.0 Å². The lowest BCUT2D eigenvalue weighted by atomic mass is 9.96. The molecule has 1 aliphatic rings. The molecule has 0 amide bonds. The first-order chi connectivity index (χ1) is 5.78. The number of hydrogen-bond donors (Lipinski definition) is 1. The molecule has 66 valence electrons. The van der Waals surface area contributed by atoms with Crippen LogP contribution in [0.2, 0.25) is 0 Å². The van der Waals surface area contributed by atoms with Crippen molar-refractivity contribution in [1.29, 1.82) is 0 Å². The standard InChI is InChI=1S/C7H12N4O/c1-11-6(9-5-10-11)7(12-2)3-8-4-7/h5,8H,3-4H2,1-2H3. The minimum absolute atomic E-state index is 0.245. The molecular formula is C7H12N4O. The van der Waals surface area contributed by atoms with E-state index in [-0.39, 0.29) is 5.60 Å². The van der Waals surface area contributed by atoms with E-state index in [1.165, 1.54) is 0 Å². The number of nitrogens with zero attached hydrogens (tertiary/aromatic N) is 3. The largest absolute Gasteiger partial charge is 0.368 e. The predicted molar refractivity (Wildman–Crippen MR) is 42.6 cm³/mol. The van der Waals surface area contributed by atoms with E-state index in [0.29, 0.717) is 0 Å². The third-order valence-corrected chi connectivity index (χ3v) is 2.33. The molecule has 1 saturated heterocycles. The lowest BCUT2D eigenvalue weighted by Crippen LogP contribution is -2.59. The van der Waals surface area contributed by atoms with Crippen LogP contribution in [0.1, 0.15) is 5.82 Å². The number of methoxy groups -OCH3 is 1. The van der Waals surface area contributed by atoms with Gasteiger partial charge in [-0.25, -0.2) is 4.98 Å². The summed E-state index contributed by atoms with van der Waals surface area (Å²) in [6.45, 7) is 1.63. The third kappa shape index (κ3) is 0.867. The molecule has 0 aromatic carbocycles. The molecule has 1 aliphatic heterocycles. The predicted octanol–water partition coefficient (Wildman–Crippen LogP) is -0.740. The number of aromatic nitrogens is 3. The Morgan fingerprint density at radius 1 is 1.67 bits per heavy atom. The molecule has 0 unspecified atom stereocenters. The average Bonchev–Trinajstić information content (AvgIpc) is 2.36. The lowest BCUT2D eigenvalue weighted by Gasteiger charge is -2.39. The highest BCUT2D eigenvalue weighted by Crippen LogP contribution is 2.26. The van der Waals surface area contributed by atoms with E-state index in [9.17, 15) is 0 Å². The first-order valence-electron chi connectivity index (χ1n) is 3.89. The fraction of sp³-hybridized carbons (Fsp3) is 0.714. The van der Waals surface area contributed by atoms with Crippen LogP contribution in [0, 0.1) is 0 Å². The molecule has 1 fully saturated rings. The number of nitrogens with one attached hydrogen (secondary N) is 1. The van der Waals surface area contributed by atoms with E-state index in [2.05, 4.69) is 15.4 Å². The highest BCUT2D eigenvalue weighted by atomic mass is 16.5. The number of aryl methyl sites for hydroxylation is 1. The topological polar surface area (TPSA) is 52.0 Å². The second kappa shape index (κ2) is 2.53. The van der Waals surface area contributed by atoms with Crippen molar-refractivity contribution in [3.05, 3.63) is 12.2 Å². The molecule has 1 aromatic rings. The summed E-state index contributed by atoms with van der Waals surface area (Å²) in [5, 5.41) is 7.17. The summed E-state index contributed by atoms with van der Waals surface area (Å²) >= 11 is 0. The monoisotopic (exact) mass is 168 g/mol. The Morgan fingerprint density at radius 2 is 2.42 bits per heavy atom. The molecule has 1 N–H and O–H groups in total. The van der Waals surface area contributed by atoms with Crippen LogP contribution in [0.4, 0.5) is 0 Å². The molecular weight excluding hydrogens is 156 g/mol. The molecule has 0 saturated carbocycles. The maximum atomic E-state index is 5.41. The van der Waals surface area contributed by atoms with Gasteiger partial charge >= 0.3 is 0 Å². The zero-order valence-electron chi connectivity index (χ0n) is 7.24. The number of rotatable bonds is 2. The Kier molecular flexibility index (Phi) is 1.62. The molecule has 0 radical (unpaired) electrons. The second-order valence-electron chi connectivity index (χ2n) is 3.01. The fourth-order valence-electron chi connectivity index (χ4n) is 1.45. The highest BCUT2D eigenvalue weighted by Gasteiger charge is 2.42. The summed E-state index contributed by atoms with van der Waals surface area (Å²) in [6.07, 6.45) is 1.55. The second-order valence-corrected chi connectivity index (χ2v) is 3.01. The summed E-state index contributed by atoms with van der Waals surface area (Å²) in [7, 11) is 3.58. The van der Waals surface area contributed by atoms with E-state index in [4.69, 9.17) is 4.74 Å². The van der Waals surface area contributed by atoms with Crippen molar-refractivity contribution in [3.8, 4) is 0 Å². The van der Waals surface area contributed by atoms with Crippen molar-refractivity contribution >= 4 is 0 Å². The maximum absolute atomic E-state index is 5.41. The SMILES string of the molecule is COC1(c2ncnn2C)CNC1. The first-order valence-corrected chi connectivity index (χ1v) is 3.89. The summed E-state index contributed by atoms with van der Waals surface area (Å²) in [4.78, 5) is 4.17. The van der Waals surface area contributed by atoms with Gasteiger partial charge in [-0.15, -0.1) is 0 Å². The maximum Gasteiger partial charge on any atom is 0.161 e. The Balaban J connectivity index is 2.33. The van der Waals surface area contributed by atoms with Gasteiger partial charge in [-0.05, 0) is 0 Å². The van der Waals surface area contributed by atoms with Crippen molar-refractivity contribution in [1.82, 2.24) is 20.1 Å². The summed E-state index contributed by atoms with van der Waals surface area (Å²) < 4.78 is 7.17. The van der Waals surface area contributed by atoms with Crippen LogP contribution >= 0.6 is 0 Å². The van der Waals surface area contributed by atoms with Crippen molar-refractivity contribution in [3.63, 3.8) is 0 Å². The van der Waals surface area contributed by atoms with Crippen LogP contribution in [0.5, 0.6) is 0 Å². The van der Waals surface area contributed by atoms with E-state index in [0.717, 1.165) is 18.9 Å². The van der Waals surface area contributed by atoms with Gasteiger partial charge in [-0.3, -0.25) is 4.68 Å². The quantitative estimate of drug-likeness (QED) is 0.632. The Bertz CT molecular complexity index is 273. The van der Waals surface area contributed by atoms with Crippen LogP contribution in [-0.2, 0) is 17.4 Å². The Hall–Kier alpha value is -0.940. The van der Waals surface area contributed by atoms with Gasteiger partial charge in [0.25, 0.3) is 0 Å². The van der Waals surface area contributed by atoms with Gasteiger partial charge in [0.15, 0.2) is 11.4 Å². The van der Waals surface area contributed by atoms with E-state index < -0.39 is 0 Å². The van der Waals surface area contributed by atoms with Crippen molar-refractivity contribution in [2.75, 3.05) is 20.2 Å². The summed E-state index contributed by atoms with van der Waals surface area (Å²) in [5.74, 6) is 0.892. The Labute approximate surface area is 70.7 Å². The van der Waals surface area contributed by atoms with E-state index in [1.807, 2.05) is 7.05 Å². The minimum atomic E-state index is -0.245. The molecule has 2 rings (SSSR count). The smallest absolute Gasteiger partial charge is 0.161 e. The molecule has 5 heteroatoms. The zero-order valence-corrected chi connectivity index (χ0v) is 7.24. The van der Waals surface area contributed by atoms with Gasteiger partial charge in [0, 0.05) is 27.2 Å².